The van der Waals surface area contributed by atoms with Crippen molar-refractivity contribution in [1.82, 2.24) is 4.72 Å². The largest absolute Gasteiger partial charge is 0.395 e. The molecule has 0 heterocycles. The van der Waals surface area contributed by atoms with E-state index in [1.54, 1.807) is 0 Å². The summed E-state index contributed by atoms with van der Waals surface area (Å²) in [6.07, 6.45) is 3.94. The smallest absolute Gasteiger partial charge is 0.216 e. The van der Waals surface area contributed by atoms with Gasteiger partial charge >= 0.3 is 0 Å². The molecule has 0 radical (unpaired) electrons. The van der Waals surface area contributed by atoms with Crippen molar-refractivity contribution in [1.29, 1.82) is 0 Å². The van der Waals surface area contributed by atoms with E-state index in [4.69, 9.17) is 5.11 Å². The molecule has 1 atom stereocenters. The fourth-order valence-electron chi connectivity index (χ4n) is 1.80. The van der Waals surface area contributed by atoms with Gasteiger partial charge in [-0.3, -0.25) is 0 Å². The fraction of sp³-hybridized carbons (Fsp3) is 1.00. The number of sulfonamides is 1. The van der Waals surface area contributed by atoms with Gasteiger partial charge in [-0.1, -0.05) is 12.8 Å². The van der Waals surface area contributed by atoms with E-state index < -0.39 is 15.3 Å². The molecule has 0 aromatic heterocycles. The maximum atomic E-state index is 11.7. The Kier molecular flexibility index (Phi) is 3.55. The van der Waals surface area contributed by atoms with Gasteiger partial charge in [-0.05, 0) is 26.7 Å². The highest BCUT2D eigenvalue weighted by atomic mass is 32.2. The van der Waals surface area contributed by atoms with E-state index >= 15 is 0 Å². The van der Waals surface area contributed by atoms with Crippen LogP contribution in [0.4, 0.5) is 0 Å². The highest BCUT2D eigenvalue weighted by Gasteiger charge is 2.34. The first-order valence-electron chi connectivity index (χ1n) is 5.03. The van der Waals surface area contributed by atoms with Gasteiger partial charge in [0, 0.05) is 5.54 Å². The Labute approximate surface area is 85.8 Å². The molecule has 1 aliphatic rings. The Morgan fingerprint density at radius 3 is 2.36 bits per heavy atom. The molecule has 0 bridgehead atoms. The van der Waals surface area contributed by atoms with Gasteiger partial charge in [0.15, 0.2) is 0 Å². The number of aliphatic hydroxyl groups excluding tert-OH is 1. The van der Waals surface area contributed by atoms with Gasteiger partial charge in [0.25, 0.3) is 0 Å². The van der Waals surface area contributed by atoms with E-state index in [2.05, 4.69) is 4.72 Å². The van der Waals surface area contributed by atoms with Gasteiger partial charge < -0.3 is 5.11 Å². The molecule has 14 heavy (non-hydrogen) atoms. The van der Waals surface area contributed by atoms with Crippen molar-refractivity contribution in [3.05, 3.63) is 0 Å². The predicted octanol–water partition coefficient (Wildman–Crippen LogP) is 0.619. The van der Waals surface area contributed by atoms with Crippen LogP contribution in [-0.4, -0.2) is 30.9 Å². The van der Waals surface area contributed by atoms with Crippen molar-refractivity contribution < 1.29 is 13.5 Å². The fourth-order valence-corrected chi connectivity index (χ4v) is 3.09. The third kappa shape index (κ3) is 2.68. The summed E-state index contributed by atoms with van der Waals surface area (Å²) in [6, 6.07) is 0. The van der Waals surface area contributed by atoms with Crippen LogP contribution in [0.3, 0.4) is 0 Å². The Balaban J connectivity index is 2.67. The topological polar surface area (TPSA) is 66.4 Å². The monoisotopic (exact) mass is 221 g/mol. The summed E-state index contributed by atoms with van der Waals surface area (Å²) in [5.41, 5.74) is -0.289. The van der Waals surface area contributed by atoms with Crippen molar-refractivity contribution in [2.24, 2.45) is 0 Å². The molecule has 1 unspecified atom stereocenters. The van der Waals surface area contributed by atoms with Crippen LogP contribution < -0.4 is 4.72 Å². The molecule has 0 aliphatic heterocycles. The molecule has 1 aliphatic carbocycles. The molecule has 1 rings (SSSR count). The van der Waals surface area contributed by atoms with Crippen LogP contribution in [-0.2, 0) is 10.0 Å². The number of nitrogens with one attached hydrogen (secondary N) is 1. The molecular weight excluding hydrogens is 202 g/mol. The van der Waals surface area contributed by atoms with Crippen LogP contribution in [0.5, 0.6) is 0 Å². The quantitative estimate of drug-likeness (QED) is 0.731. The van der Waals surface area contributed by atoms with Crippen molar-refractivity contribution in [2.75, 3.05) is 6.61 Å². The molecule has 0 aromatic rings. The first-order chi connectivity index (χ1) is 6.40. The van der Waals surface area contributed by atoms with Crippen molar-refractivity contribution >= 4 is 10.0 Å². The van der Waals surface area contributed by atoms with Crippen molar-refractivity contribution in [3.63, 3.8) is 0 Å². The average Bonchev–Trinajstić information content (AvgIpc) is 2.49. The molecule has 0 spiro atoms. The third-order valence-electron chi connectivity index (χ3n) is 2.88. The lowest BCUT2D eigenvalue weighted by molar-refractivity contribution is 0.293. The number of hydrogen-bond donors (Lipinski definition) is 2. The lowest BCUT2D eigenvalue weighted by atomic mass is 10.0. The van der Waals surface area contributed by atoms with Crippen LogP contribution in [0, 0.1) is 0 Å². The predicted molar refractivity (Wildman–Crippen MR) is 55.5 cm³/mol. The van der Waals surface area contributed by atoms with Gasteiger partial charge in [0.2, 0.25) is 10.0 Å². The standard InChI is InChI=1S/C9H19NO3S/c1-8(7-11)14(12,13)10-9(2)5-3-4-6-9/h8,10-11H,3-7H2,1-2H3. The maximum Gasteiger partial charge on any atom is 0.216 e. The SMILES string of the molecule is CC(CO)S(=O)(=O)NC1(C)CCCC1. The minimum absolute atomic E-state index is 0.289. The van der Waals surface area contributed by atoms with E-state index in [9.17, 15) is 8.42 Å². The highest BCUT2D eigenvalue weighted by Crippen LogP contribution is 2.29. The number of rotatable bonds is 4. The molecule has 0 saturated heterocycles. The van der Waals surface area contributed by atoms with Crippen LogP contribution in [0.25, 0.3) is 0 Å². The molecule has 0 aromatic carbocycles. The Morgan fingerprint density at radius 1 is 1.43 bits per heavy atom. The molecular formula is C9H19NO3S. The summed E-state index contributed by atoms with van der Waals surface area (Å²) >= 11 is 0. The molecule has 4 nitrogen and oxygen atoms in total. The van der Waals surface area contributed by atoms with E-state index in [1.807, 2.05) is 6.92 Å². The summed E-state index contributed by atoms with van der Waals surface area (Å²) in [6.45, 7) is 3.12. The molecule has 5 heteroatoms. The second-order valence-electron chi connectivity index (χ2n) is 4.41. The first kappa shape index (κ1) is 11.9. The second kappa shape index (κ2) is 4.16. The van der Waals surface area contributed by atoms with E-state index in [1.165, 1.54) is 6.92 Å². The lowest BCUT2D eigenvalue weighted by Crippen LogP contribution is -2.47. The second-order valence-corrected chi connectivity index (χ2v) is 6.51. The van der Waals surface area contributed by atoms with Crippen LogP contribution in [0.1, 0.15) is 39.5 Å². The van der Waals surface area contributed by atoms with Gasteiger partial charge in [0.1, 0.15) is 0 Å². The molecule has 1 fully saturated rings. The summed E-state index contributed by atoms with van der Waals surface area (Å²) in [7, 11) is -3.35. The molecule has 2 N–H and O–H groups in total. The molecule has 0 amide bonds. The normalized spacial score (nSPS) is 23.6. The molecule has 1 saturated carbocycles. The summed E-state index contributed by atoms with van der Waals surface area (Å²) in [4.78, 5) is 0. The highest BCUT2D eigenvalue weighted by molar-refractivity contribution is 7.90. The summed E-state index contributed by atoms with van der Waals surface area (Å²) in [5, 5.41) is 8.09. The minimum Gasteiger partial charge on any atom is -0.395 e. The number of aliphatic hydroxyl groups is 1. The van der Waals surface area contributed by atoms with Crippen molar-refractivity contribution in [2.45, 2.75) is 50.3 Å². The number of hydrogen-bond acceptors (Lipinski definition) is 3. The summed E-state index contributed by atoms with van der Waals surface area (Å²) in [5.74, 6) is 0. The average molecular weight is 221 g/mol. The Hall–Kier alpha value is -0.130. The Morgan fingerprint density at radius 2 is 1.93 bits per heavy atom. The Bertz CT molecular complexity index is 280. The van der Waals surface area contributed by atoms with Crippen LogP contribution in [0.2, 0.25) is 0 Å². The zero-order valence-electron chi connectivity index (χ0n) is 8.78. The van der Waals surface area contributed by atoms with E-state index in [-0.39, 0.29) is 12.1 Å². The molecule has 84 valence electrons. The van der Waals surface area contributed by atoms with Crippen LogP contribution >= 0.6 is 0 Å². The zero-order chi connectivity index (χ0) is 10.8. The third-order valence-corrected chi connectivity index (χ3v) is 4.87. The van der Waals surface area contributed by atoms with Gasteiger partial charge in [0.05, 0.1) is 11.9 Å². The summed E-state index contributed by atoms with van der Waals surface area (Å²) < 4.78 is 26.0. The van der Waals surface area contributed by atoms with Gasteiger partial charge in [-0.2, -0.15) is 0 Å². The van der Waals surface area contributed by atoms with Gasteiger partial charge in [-0.15, -0.1) is 0 Å². The zero-order valence-corrected chi connectivity index (χ0v) is 9.60. The van der Waals surface area contributed by atoms with Crippen molar-refractivity contribution in [3.8, 4) is 0 Å². The van der Waals surface area contributed by atoms with Gasteiger partial charge in [-0.25, -0.2) is 13.1 Å². The van der Waals surface area contributed by atoms with E-state index in [0.717, 1.165) is 25.7 Å². The van der Waals surface area contributed by atoms with E-state index in [0.29, 0.717) is 0 Å². The van der Waals surface area contributed by atoms with Crippen LogP contribution in [0.15, 0.2) is 0 Å². The maximum absolute atomic E-state index is 11.7. The lowest BCUT2D eigenvalue weighted by Gasteiger charge is -2.26. The minimum atomic E-state index is -3.35. The first-order valence-corrected chi connectivity index (χ1v) is 6.58.